The van der Waals surface area contributed by atoms with E-state index in [1.54, 1.807) is 14.8 Å². The lowest BCUT2D eigenvalue weighted by Crippen LogP contribution is -2.60. The predicted octanol–water partition coefficient (Wildman–Crippen LogP) is 3.64. The van der Waals surface area contributed by atoms with Crippen molar-refractivity contribution >= 4 is 23.9 Å². The summed E-state index contributed by atoms with van der Waals surface area (Å²) in [6.07, 6.45) is 1.21. The van der Waals surface area contributed by atoms with Gasteiger partial charge in [-0.25, -0.2) is 14.6 Å². The minimum Gasteiger partial charge on any atom is -0.453 e. The van der Waals surface area contributed by atoms with Crippen LogP contribution in [0.1, 0.15) is 70.8 Å². The third-order valence-electron chi connectivity index (χ3n) is 9.73. The predicted molar refractivity (Wildman–Crippen MR) is 194 cm³/mol. The van der Waals surface area contributed by atoms with E-state index in [2.05, 4.69) is 21.0 Å². The van der Waals surface area contributed by atoms with Crippen molar-refractivity contribution in [1.29, 1.82) is 0 Å². The van der Waals surface area contributed by atoms with E-state index in [0.29, 0.717) is 44.9 Å². The van der Waals surface area contributed by atoms with Gasteiger partial charge < -0.3 is 30.3 Å². The Bertz CT molecular complexity index is 1480. The van der Waals surface area contributed by atoms with E-state index < -0.39 is 41.6 Å². The standard InChI is InChI=1S/C38H57N7O6/c1-8-25(2)32(45-20-19-43(37(45)50)23-29-16-12-13-26(3)39-29)34(47)40-30(21-27-14-10-9-11-15-27)31(46)24-44(22-28-17-18-28)42-35(48)33(38(4,5)6)41-36(49)51-7/h9-16,25,28,30-33,46H,8,17-24H2,1-7H3,(H,40,47)(H,41,49)(H,42,48)/t25-,30-,31-,32-,33+/m0/s1. The van der Waals surface area contributed by atoms with Crippen LogP contribution in [0.25, 0.3) is 0 Å². The van der Waals surface area contributed by atoms with Gasteiger partial charge in [0.05, 0.1) is 31.5 Å². The molecule has 2 aliphatic rings. The van der Waals surface area contributed by atoms with Crippen LogP contribution in [0, 0.1) is 24.2 Å². The average Bonchev–Trinajstić information content (AvgIpc) is 3.84. The molecule has 5 atom stereocenters. The highest BCUT2D eigenvalue weighted by Gasteiger charge is 2.41. The maximum Gasteiger partial charge on any atom is 0.407 e. The summed E-state index contributed by atoms with van der Waals surface area (Å²) < 4.78 is 4.77. The van der Waals surface area contributed by atoms with Gasteiger partial charge in [-0.3, -0.25) is 20.0 Å². The fourth-order valence-corrected chi connectivity index (χ4v) is 6.44. The number of hydrogen-bond acceptors (Lipinski definition) is 8. The Hall–Kier alpha value is -4.23. The molecular weight excluding hydrogens is 650 g/mol. The maximum atomic E-state index is 14.3. The molecule has 4 N–H and O–H groups in total. The van der Waals surface area contributed by atoms with Gasteiger partial charge in [0, 0.05) is 31.9 Å². The van der Waals surface area contributed by atoms with Crippen LogP contribution < -0.4 is 16.1 Å². The molecule has 4 rings (SSSR count). The van der Waals surface area contributed by atoms with Crippen molar-refractivity contribution in [1.82, 2.24) is 35.9 Å². The second kappa shape index (κ2) is 17.8. The molecule has 1 aliphatic carbocycles. The van der Waals surface area contributed by atoms with Gasteiger partial charge >= 0.3 is 12.1 Å². The molecule has 1 saturated heterocycles. The van der Waals surface area contributed by atoms with Crippen LogP contribution in [-0.4, -0.2) is 106 Å². The summed E-state index contributed by atoms with van der Waals surface area (Å²) in [7, 11) is 1.24. The van der Waals surface area contributed by atoms with Crippen LogP contribution in [0.4, 0.5) is 9.59 Å². The van der Waals surface area contributed by atoms with Crippen molar-refractivity contribution in [3.05, 3.63) is 65.5 Å². The van der Waals surface area contributed by atoms with Gasteiger partial charge in [0.15, 0.2) is 0 Å². The van der Waals surface area contributed by atoms with Crippen LogP contribution in [0.2, 0.25) is 0 Å². The fourth-order valence-electron chi connectivity index (χ4n) is 6.44. The van der Waals surface area contributed by atoms with Crippen molar-refractivity contribution in [2.75, 3.05) is 33.3 Å². The number of carbonyl (C=O) groups is 4. The third kappa shape index (κ3) is 11.4. The summed E-state index contributed by atoms with van der Waals surface area (Å²) in [6.45, 7) is 13.2. The zero-order chi connectivity index (χ0) is 37.3. The number of methoxy groups -OCH3 is 1. The summed E-state index contributed by atoms with van der Waals surface area (Å²) in [4.78, 5) is 61.7. The largest absolute Gasteiger partial charge is 0.453 e. The number of benzene rings is 1. The SMILES string of the molecule is CC[C@H](C)[C@@H](C(=O)N[C@@H](Cc1ccccc1)[C@@H](O)CN(CC1CC1)NC(=O)[C@@H](NC(=O)OC)C(C)(C)C)N1CCN(Cc2cccc(C)n2)C1=O. The molecule has 2 heterocycles. The lowest BCUT2D eigenvalue weighted by molar-refractivity contribution is -0.132. The molecule has 51 heavy (non-hydrogen) atoms. The number of alkyl carbamates (subject to hydrolysis) is 1. The second-order valence-corrected chi connectivity index (χ2v) is 15.1. The summed E-state index contributed by atoms with van der Waals surface area (Å²) in [6, 6.07) is 12.7. The fraction of sp³-hybridized carbons (Fsp3) is 0.605. The monoisotopic (exact) mass is 707 g/mol. The van der Waals surface area contributed by atoms with Crippen molar-refractivity contribution in [2.24, 2.45) is 17.3 Å². The Morgan fingerprint density at radius 2 is 1.75 bits per heavy atom. The van der Waals surface area contributed by atoms with Crippen LogP contribution in [-0.2, 0) is 27.3 Å². The zero-order valence-electron chi connectivity index (χ0n) is 31.2. The number of nitrogens with zero attached hydrogens (tertiary/aromatic N) is 4. The number of ether oxygens (including phenoxy) is 1. The number of aryl methyl sites for hydroxylation is 1. The van der Waals surface area contributed by atoms with E-state index >= 15 is 0 Å². The molecule has 2 fully saturated rings. The van der Waals surface area contributed by atoms with E-state index in [4.69, 9.17) is 4.74 Å². The van der Waals surface area contributed by atoms with Gasteiger partial charge in [-0.05, 0) is 61.1 Å². The molecule has 1 aliphatic heterocycles. The highest BCUT2D eigenvalue weighted by atomic mass is 16.5. The molecule has 1 aromatic carbocycles. The van der Waals surface area contributed by atoms with Crippen molar-refractivity contribution in [3.8, 4) is 0 Å². The van der Waals surface area contributed by atoms with Gasteiger partial charge in [0.1, 0.15) is 12.1 Å². The first-order valence-corrected chi connectivity index (χ1v) is 18.1. The summed E-state index contributed by atoms with van der Waals surface area (Å²) in [5.41, 5.74) is 4.90. The normalized spacial score (nSPS) is 17.8. The molecule has 5 amide bonds. The number of aromatic nitrogens is 1. The van der Waals surface area contributed by atoms with Crippen molar-refractivity contribution in [2.45, 2.75) is 98.0 Å². The number of aliphatic hydroxyl groups is 1. The van der Waals surface area contributed by atoms with E-state index in [0.717, 1.165) is 29.8 Å². The van der Waals surface area contributed by atoms with Crippen molar-refractivity contribution < 1.29 is 29.0 Å². The molecule has 2 aromatic rings. The Kier molecular flexibility index (Phi) is 13.8. The van der Waals surface area contributed by atoms with Crippen LogP contribution in [0.15, 0.2) is 48.5 Å². The smallest absolute Gasteiger partial charge is 0.407 e. The number of aliphatic hydroxyl groups excluding tert-OH is 1. The Morgan fingerprint density at radius 1 is 1.04 bits per heavy atom. The first-order chi connectivity index (χ1) is 24.2. The van der Waals surface area contributed by atoms with Gasteiger partial charge in [-0.1, -0.05) is 77.4 Å². The van der Waals surface area contributed by atoms with E-state index in [-0.39, 0.29) is 24.4 Å². The van der Waals surface area contributed by atoms with Gasteiger partial charge in [0.25, 0.3) is 5.91 Å². The highest BCUT2D eigenvalue weighted by Crippen LogP contribution is 2.30. The lowest BCUT2D eigenvalue weighted by Gasteiger charge is -2.36. The molecule has 1 aromatic heterocycles. The number of urea groups is 1. The number of hydrazine groups is 1. The molecule has 13 nitrogen and oxygen atoms in total. The number of amides is 5. The first kappa shape index (κ1) is 39.6. The van der Waals surface area contributed by atoms with E-state index in [1.165, 1.54) is 7.11 Å². The minimum atomic E-state index is -1.09. The number of pyridine rings is 1. The molecular formula is C38H57N7O6. The lowest BCUT2D eigenvalue weighted by atomic mass is 9.86. The van der Waals surface area contributed by atoms with Gasteiger partial charge in [-0.15, -0.1) is 0 Å². The van der Waals surface area contributed by atoms with Crippen molar-refractivity contribution in [3.63, 3.8) is 0 Å². The Balaban J connectivity index is 1.53. The van der Waals surface area contributed by atoms with Crippen LogP contribution in [0.3, 0.4) is 0 Å². The topological polar surface area (TPSA) is 156 Å². The first-order valence-electron chi connectivity index (χ1n) is 18.1. The van der Waals surface area contributed by atoms with Gasteiger partial charge in [0.2, 0.25) is 5.91 Å². The zero-order valence-corrected chi connectivity index (χ0v) is 31.2. The third-order valence-corrected chi connectivity index (χ3v) is 9.73. The number of hydrogen-bond donors (Lipinski definition) is 4. The molecule has 0 unspecified atom stereocenters. The van der Waals surface area contributed by atoms with Crippen LogP contribution in [0.5, 0.6) is 0 Å². The molecule has 1 saturated carbocycles. The molecule has 0 radical (unpaired) electrons. The Morgan fingerprint density at radius 3 is 2.35 bits per heavy atom. The highest BCUT2D eigenvalue weighted by molar-refractivity contribution is 5.88. The molecule has 0 bridgehead atoms. The molecule has 0 spiro atoms. The summed E-state index contributed by atoms with van der Waals surface area (Å²) in [5.74, 6) is -0.557. The molecule has 280 valence electrons. The number of rotatable bonds is 17. The summed E-state index contributed by atoms with van der Waals surface area (Å²) in [5, 5.41) is 19.3. The number of carbonyl (C=O) groups excluding carboxylic acids is 4. The molecule has 13 heteroatoms. The average molecular weight is 708 g/mol. The van der Waals surface area contributed by atoms with E-state index in [9.17, 15) is 24.3 Å². The second-order valence-electron chi connectivity index (χ2n) is 15.1. The maximum absolute atomic E-state index is 14.3. The number of nitrogens with one attached hydrogen (secondary N) is 3. The summed E-state index contributed by atoms with van der Waals surface area (Å²) >= 11 is 0. The van der Waals surface area contributed by atoms with Gasteiger partial charge in [-0.2, -0.15) is 0 Å². The quantitative estimate of drug-likeness (QED) is 0.182. The van der Waals surface area contributed by atoms with Crippen LogP contribution >= 0.6 is 0 Å². The minimum absolute atomic E-state index is 0.0308. The van der Waals surface area contributed by atoms with E-state index in [1.807, 2.05) is 90.1 Å². The Labute approximate surface area is 302 Å².